The number of carbonyl (C=O) groups excluding carboxylic acids is 2. The van der Waals surface area contributed by atoms with Crippen LogP contribution in [0.2, 0.25) is 0 Å². The summed E-state index contributed by atoms with van der Waals surface area (Å²) in [6.45, 7) is 7.33. The van der Waals surface area contributed by atoms with Gasteiger partial charge in [-0.1, -0.05) is 12.1 Å². The SMILES string of the molecule is Cc1ncc(-c2ccc3c(c2)N(c2ncc(C)c(C=O)n2)C(=O)C3(C)C)cn1. The van der Waals surface area contributed by atoms with Gasteiger partial charge in [0.05, 0.1) is 11.1 Å². The van der Waals surface area contributed by atoms with Crippen molar-refractivity contribution in [3.8, 4) is 11.1 Å². The molecule has 28 heavy (non-hydrogen) atoms. The van der Waals surface area contributed by atoms with E-state index < -0.39 is 5.41 Å². The molecule has 4 rings (SSSR count). The number of aromatic nitrogens is 4. The normalized spacial score (nSPS) is 14.9. The second kappa shape index (κ2) is 6.30. The molecule has 7 nitrogen and oxygen atoms in total. The third kappa shape index (κ3) is 2.67. The maximum Gasteiger partial charge on any atom is 0.244 e. The highest BCUT2D eigenvalue weighted by Gasteiger charge is 2.45. The Morgan fingerprint density at radius 1 is 1.00 bits per heavy atom. The molecule has 0 radical (unpaired) electrons. The molecule has 3 aromatic rings. The zero-order chi connectivity index (χ0) is 20.1. The Bertz CT molecular complexity index is 1110. The lowest BCUT2D eigenvalue weighted by Crippen LogP contribution is -2.34. The molecule has 0 saturated carbocycles. The fourth-order valence-electron chi connectivity index (χ4n) is 3.34. The zero-order valence-corrected chi connectivity index (χ0v) is 16.1. The van der Waals surface area contributed by atoms with Crippen LogP contribution in [0.15, 0.2) is 36.8 Å². The van der Waals surface area contributed by atoms with Crippen molar-refractivity contribution >= 4 is 23.8 Å². The lowest BCUT2D eigenvalue weighted by atomic mass is 9.85. The van der Waals surface area contributed by atoms with Crippen LogP contribution in [0.4, 0.5) is 11.6 Å². The first kappa shape index (κ1) is 17.9. The number of benzene rings is 1. The van der Waals surface area contributed by atoms with Crippen molar-refractivity contribution in [1.82, 2.24) is 19.9 Å². The highest BCUT2D eigenvalue weighted by atomic mass is 16.2. The minimum Gasteiger partial charge on any atom is -0.296 e. The second-order valence-electron chi connectivity index (χ2n) is 7.37. The van der Waals surface area contributed by atoms with Gasteiger partial charge in [-0.25, -0.2) is 24.8 Å². The molecule has 1 aromatic carbocycles. The summed E-state index contributed by atoms with van der Waals surface area (Å²) in [5, 5.41) is 0. The summed E-state index contributed by atoms with van der Waals surface area (Å²) in [7, 11) is 0. The summed E-state index contributed by atoms with van der Waals surface area (Å²) in [4.78, 5) is 43.1. The molecule has 0 atom stereocenters. The molecule has 0 fully saturated rings. The molecule has 0 bridgehead atoms. The molecule has 0 unspecified atom stereocenters. The predicted molar refractivity (Wildman–Crippen MR) is 105 cm³/mol. The van der Waals surface area contributed by atoms with E-state index in [1.165, 1.54) is 4.90 Å². The summed E-state index contributed by atoms with van der Waals surface area (Å²) in [5.74, 6) is 0.750. The van der Waals surface area contributed by atoms with E-state index in [4.69, 9.17) is 0 Å². The summed E-state index contributed by atoms with van der Waals surface area (Å²) in [6.07, 6.45) is 5.74. The highest BCUT2D eigenvalue weighted by Crippen LogP contribution is 2.45. The molecule has 0 saturated heterocycles. The molecule has 140 valence electrons. The van der Waals surface area contributed by atoms with Gasteiger partial charge in [-0.3, -0.25) is 9.59 Å². The van der Waals surface area contributed by atoms with Gasteiger partial charge in [0.1, 0.15) is 11.5 Å². The van der Waals surface area contributed by atoms with Crippen LogP contribution in [0, 0.1) is 13.8 Å². The molecule has 1 aliphatic rings. The van der Waals surface area contributed by atoms with Crippen LogP contribution in [0.1, 0.15) is 41.3 Å². The van der Waals surface area contributed by atoms with Crippen molar-refractivity contribution in [2.45, 2.75) is 33.1 Å². The number of aryl methyl sites for hydroxylation is 2. The Balaban J connectivity index is 1.89. The Hall–Kier alpha value is -3.48. The van der Waals surface area contributed by atoms with Crippen molar-refractivity contribution in [3.63, 3.8) is 0 Å². The summed E-state index contributed by atoms with van der Waals surface area (Å²) < 4.78 is 0. The van der Waals surface area contributed by atoms with Crippen LogP contribution >= 0.6 is 0 Å². The van der Waals surface area contributed by atoms with E-state index in [9.17, 15) is 9.59 Å². The van der Waals surface area contributed by atoms with Crippen molar-refractivity contribution in [2.24, 2.45) is 0 Å². The number of hydrogen-bond acceptors (Lipinski definition) is 6. The number of carbonyl (C=O) groups is 2. The molecular weight excluding hydrogens is 354 g/mol. The van der Waals surface area contributed by atoms with Gasteiger partial charge in [-0.15, -0.1) is 0 Å². The molecule has 1 aliphatic heterocycles. The van der Waals surface area contributed by atoms with E-state index >= 15 is 0 Å². The lowest BCUT2D eigenvalue weighted by Gasteiger charge is -2.19. The highest BCUT2D eigenvalue weighted by molar-refractivity contribution is 6.12. The number of fused-ring (bicyclic) bond motifs is 1. The van der Waals surface area contributed by atoms with Gasteiger partial charge in [0.15, 0.2) is 6.29 Å². The Morgan fingerprint density at radius 3 is 2.39 bits per heavy atom. The van der Waals surface area contributed by atoms with Crippen molar-refractivity contribution in [3.05, 3.63) is 59.4 Å². The van der Waals surface area contributed by atoms with Crippen LogP contribution in [0.3, 0.4) is 0 Å². The van der Waals surface area contributed by atoms with Gasteiger partial charge in [0.25, 0.3) is 0 Å². The fourth-order valence-corrected chi connectivity index (χ4v) is 3.34. The first-order valence-electron chi connectivity index (χ1n) is 8.90. The number of aldehydes is 1. The van der Waals surface area contributed by atoms with Gasteiger partial charge in [0.2, 0.25) is 11.9 Å². The van der Waals surface area contributed by atoms with Crippen molar-refractivity contribution in [2.75, 3.05) is 4.90 Å². The molecule has 0 spiro atoms. The van der Waals surface area contributed by atoms with Gasteiger partial charge >= 0.3 is 0 Å². The first-order chi connectivity index (χ1) is 13.3. The maximum absolute atomic E-state index is 13.2. The lowest BCUT2D eigenvalue weighted by molar-refractivity contribution is -0.121. The minimum absolute atomic E-state index is 0.138. The van der Waals surface area contributed by atoms with Crippen LogP contribution in [-0.2, 0) is 10.2 Å². The third-order valence-corrected chi connectivity index (χ3v) is 5.07. The fraction of sp³-hybridized carbons (Fsp3) is 0.238. The molecule has 0 aliphatic carbocycles. The van der Waals surface area contributed by atoms with Gasteiger partial charge in [-0.2, -0.15) is 0 Å². The number of hydrogen-bond donors (Lipinski definition) is 0. The number of anilines is 2. The van der Waals surface area contributed by atoms with Gasteiger partial charge in [0, 0.05) is 24.2 Å². The zero-order valence-electron chi connectivity index (χ0n) is 16.1. The van der Waals surface area contributed by atoms with E-state index in [0.29, 0.717) is 23.4 Å². The topological polar surface area (TPSA) is 88.9 Å². The van der Waals surface area contributed by atoms with Gasteiger partial charge in [-0.05, 0) is 50.5 Å². The van der Waals surface area contributed by atoms with E-state index in [0.717, 1.165) is 16.7 Å². The van der Waals surface area contributed by atoms with E-state index in [2.05, 4.69) is 19.9 Å². The van der Waals surface area contributed by atoms with E-state index in [-0.39, 0.29) is 17.5 Å². The molecule has 1 amide bonds. The third-order valence-electron chi connectivity index (χ3n) is 5.07. The Labute approximate surface area is 162 Å². The standard InChI is InChI=1S/C21H19N5O2/c1-12-8-24-20(25-17(12)11-27)26-18-7-14(15-9-22-13(2)23-10-15)5-6-16(18)21(3,4)19(26)28/h5-11H,1-4H3. The average molecular weight is 373 g/mol. The maximum atomic E-state index is 13.2. The van der Waals surface area contributed by atoms with Crippen LogP contribution in [0.5, 0.6) is 0 Å². The molecular formula is C21H19N5O2. The van der Waals surface area contributed by atoms with Gasteiger partial charge < -0.3 is 0 Å². The van der Waals surface area contributed by atoms with Crippen LogP contribution in [0.25, 0.3) is 11.1 Å². The Morgan fingerprint density at radius 2 is 1.71 bits per heavy atom. The quantitative estimate of drug-likeness (QED) is 0.654. The van der Waals surface area contributed by atoms with Crippen LogP contribution < -0.4 is 4.90 Å². The number of nitrogens with zero attached hydrogens (tertiary/aromatic N) is 5. The van der Waals surface area contributed by atoms with Crippen molar-refractivity contribution < 1.29 is 9.59 Å². The van der Waals surface area contributed by atoms with Crippen molar-refractivity contribution in [1.29, 1.82) is 0 Å². The summed E-state index contributed by atoms with van der Waals surface area (Å²) in [6, 6.07) is 5.81. The molecule has 0 N–H and O–H groups in total. The molecule has 3 heterocycles. The summed E-state index contributed by atoms with van der Waals surface area (Å²) in [5.41, 5.74) is 3.52. The van der Waals surface area contributed by atoms with E-state index in [1.54, 1.807) is 25.5 Å². The second-order valence-corrected chi connectivity index (χ2v) is 7.37. The monoisotopic (exact) mass is 373 g/mol. The van der Waals surface area contributed by atoms with Crippen LogP contribution in [-0.4, -0.2) is 32.1 Å². The summed E-state index contributed by atoms with van der Waals surface area (Å²) >= 11 is 0. The predicted octanol–water partition coefficient (Wildman–Crippen LogP) is 3.32. The Kier molecular flexibility index (Phi) is 4.03. The minimum atomic E-state index is -0.729. The van der Waals surface area contributed by atoms with E-state index in [1.807, 2.05) is 39.0 Å². The number of amides is 1. The molecule has 2 aromatic heterocycles. The first-order valence-corrected chi connectivity index (χ1v) is 8.90. The largest absolute Gasteiger partial charge is 0.296 e. The molecule has 7 heteroatoms. The smallest absolute Gasteiger partial charge is 0.244 e. The average Bonchev–Trinajstić information content (AvgIpc) is 2.88. The number of rotatable bonds is 3.